The quantitative estimate of drug-likeness (QED) is 0.901. The van der Waals surface area contributed by atoms with Crippen LogP contribution in [0.3, 0.4) is 0 Å². The molecule has 1 aromatic carbocycles. The molecule has 2 amide bonds. The van der Waals surface area contributed by atoms with Crippen molar-refractivity contribution in [3.63, 3.8) is 0 Å². The fourth-order valence-corrected chi connectivity index (χ4v) is 3.76. The fraction of sp³-hybridized carbons (Fsp3) is 0.588. The smallest absolute Gasteiger partial charge is 0.321 e. The minimum absolute atomic E-state index is 0.00578. The summed E-state index contributed by atoms with van der Waals surface area (Å²) < 4.78 is 0. The Morgan fingerprint density at radius 1 is 1.32 bits per heavy atom. The third-order valence-corrected chi connectivity index (χ3v) is 5.33. The highest BCUT2D eigenvalue weighted by atomic mass is 32.2. The number of nitrogens with one attached hydrogen (secondary N) is 1. The molecule has 0 heterocycles. The van der Waals surface area contributed by atoms with Gasteiger partial charge in [0, 0.05) is 30.6 Å². The van der Waals surface area contributed by atoms with Crippen LogP contribution in [0, 0.1) is 0 Å². The van der Waals surface area contributed by atoms with Crippen molar-refractivity contribution in [2.45, 2.75) is 37.1 Å². The number of anilines is 1. The molecule has 1 aliphatic rings. The van der Waals surface area contributed by atoms with Crippen molar-refractivity contribution < 1.29 is 4.79 Å². The molecule has 1 fully saturated rings. The van der Waals surface area contributed by atoms with E-state index in [4.69, 9.17) is 0 Å². The van der Waals surface area contributed by atoms with Crippen molar-refractivity contribution in [2.75, 3.05) is 32.7 Å². The van der Waals surface area contributed by atoms with E-state index in [1.54, 1.807) is 0 Å². The molecule has 0 saturated heterocycles. The summed E-state index contributed by atoms with van der Waals surface area (Å²) in [4.78, 5) is 16.4. The van der Waals surface area contributed by atoms with E-state index >= 15 is 0 Å². The molecule has 0 aromatic heterocycles. The highest BCUT2D eigenvalue weighted by molar-refractivity contribution is 7.99. The third-order valence-electron chi connectivity index (χ3n) is 4.24. The number of rotatable bonds is 5. The lowest BCUT2D eigenvalue weighted by Crippen LogP contribution is -2.38. The summed E-state index contributed by atoms with van der Waals surface area (Å²) in [6, 6.07) is 8.43. The zero-order chi connectivity index (χ0) is 16.1. The molecule has 1 saturated carbocycles. The van der Waals surface area contributed by atoms with E-state index in [9.17, 15) is 4.79 Å². The minimum Gasteiger partial charge on any atom is -0.325 e. The van der Waals surface area contributed by atoms with E-state index in [0.717, 1.165) is 25.1 Å². The lowest BCUT2D eigenvalue weighted by Gasteiger charge is -2.25. The van der Waals surface area contributed by atoms with Gasteiger partial charge >= 0.3 is 6.03 Å². The number of urea groups is 1. The van der Waals surface area contributed by atoms with Crippen LogP contribution in [-0.2, 0) is 6.54 Å². The van der Waals surface area contributed by atoms with Crippen LogP contribution in [0.15, 0.2) is 24.3 Å². The maximum absolute atomic E-state index is 12.4. The Labute approximate surface area is 138 Å². The van der Waals surface area contributed by atoms with Gasteiger partial charge in [-0.05, 0) is 57.3 Å². The first kappa shape index (κ1) is 17.2. The summed E-state index contributed by atoms with van der Waals surface area (Å²) in [6.07, 6.45) is 5.58. The molecule has 0 radical (unpaired) electrons. The summed E-state index contributed by atoms with van der Waals surface area (Å²) in [5, 5.41) is 3.72. The highest BCUT2D eigenvalue weighted by Gasteiger charge is 2.29. The molecule has 5 heteroatoms. The van der Waals surface area contributed by atoms with Crippen LogP contribution in [0.2, 0.25) is 0 Å². The maximum atomic E-state index is 12.4. The molecule has 4 nitrogen and oxygen atoms in total. The maximum Gasteiger partial charge on any atom is 0.321 e. The van der Waals surface area contributed by atoms with E-state index in [2.05, 4.69) is 22.5 Å². The van der Waals surface area contributed by atoms with Gasteiger partial charge in [0.1, 0.15) is 0 Å². The zero-order valence-corrected chi connectivity index (χ0v) is 14.8. The largest absolute Gasteiger partial charge is 0.325 e. The van der Waals surface area contributed by atoms with Gasteiger partial charge in [0.15, 0.2) is 0 Å². The first-order valence-corrected chi connectivity index (χ1v) is 9.08. The van der Waals surface area contributed by atoms with Gasteiger partial charge in [-0.25, -0.2) is 4.79 Å². The molecule has 0 aliphatic heterocycles. The predicted molar refractivity (Wildman–Crippen MR) is 95.6 cm³/mol. The molecule has 1 N–H and O–H groups in total. The Bertz CT molecular complexity index is 506. The van der Waals surface area contributed by atoms with Gasteiger partial charge in [0.25, 0.3) is 0 Å². The van der Waals surface area contributed by atoms with Crippen LogP contribution >= 0.6 is 11.8 Å². The Balaban J connectivity index is 1.94. The Hall–Kier alpha value is -1.20. The second-order valence-electron chi connectivity index (χ2n) is 6.30. The van der Waals surface area contributed by atoms with Crippen LogP contribution in [0.4, 0.5) is 10.5 Å². The zero-order valence-electron chi connectivity index (χ0n) is 14.0. The summed E-state index contributed by atoms with van der Waals surface area (Å²) in [5.41, 5.74) is 2.07. The summed E-state index contributed by atoms with van der Waals surface area (Å²) >= 11 is 1.91. The molecule has 0 unspecified atom stereocenters. The van der Waals surface area contributed by atoms with Gasteiger partial charge < -0.3 is 15.1 Å². The van der Waals surface area contributed by atoms with Crippen molar-refractivity contribution in [1.82, 2.24) is 9.80 Å². The molecule has 0 bridgehead atoms. The first-order chi connectivity index (χ1) is 10.5. The predicted octanol–water partition coefficient (Wildman–Crippen LogP) is 3.50. The number of carbonyl (C=O) groups excluding carboxylic acids is 1. The number of hydrogen-bond donors (Lipinski definition) is 1. The topological polar surface area (TPSA) is 35.6 Å². The average molecular weight is 321 g/mol. The first-order valence-electron chi connectivity index (χ1n) is 7.80. The van der Waals surface area contributed by atoms with Crippen molar-refractivity contribution in [3.8, 4) is 0 Å². The number of nitrogens with zero attached hydrogens (tertiary/aromatic N) is 2. The molecular formula is C17H27N3OS. The SMILES string of the molecule is CS[C@@H]1CC[C@H](N(C)C(=O)Nc2cccc(CN(C)C)c2)C1. The van der Waals surface area contributed by atoms with Crippen LogP contribution in [0.5, 0.6) is 0 Å². The van der Waals surface area contributed by atoms with E-state index in [1.165, 1.54) is 12.0 Å². The van der Waals surface area contributed by atoms with E-state index in [-0.39, 0.29) is 6.03 Å². The molecule has 122 valence electrons. The van der Waals surface area contributed by atoms with Crippen LogP contribution in [0.25, 0.3) is 0 Å². The standard InChI is InChI=1S/C17H27N3OS/c1-19(2)12-13-6-5-7-14(10-13)18-17(21)20(3)15-8-9-16(11-15)22-4/h5-7,10,15-16H,8-9,11-12H2,1-4H3,(H,18,21)/t15-,16+/m0/s1. The highest BCUT2D eigenvalue weighted by Crippen LogP contribution is 2.31. The number of hydrogen-bond acceptors (Lipinski definition) is 3. The van der Waals surface area contributed by atoms with E-state index in [0.29, 0.717) is 11.3 Å². The summed E-state index contributed by atoms with van der Waals surface area (Å²) in [7, 11) is 5.99. The van der Waals surface area contributed by atoms with Gasteiger partial charge in [0.05, 0.1) is 0 Å². The van der Waals surface area contributed by atoms with Gasteiger partial charge in [-0.15, -0.1) is 0 Å². The van der Waals surface area contributed by atoms with Crippen molar-refractivity contribution >= 4 is 23.5 Å². The monoisotopic (exact) mass is 321 g/mol. The van der Waals surface area contributed by atoms with Gasteiger partial charge in [-0.3, -0.25) is 0 Å². The number of amides is 2. The van der Waals surface area contributed by atoms with Crippen LogP contribution in [0.1, 0.15) is 24.8 Å². The molecule has 22 heavy (non-hydrogen) atoms. The third kappa shape index (κ3) is 4.65. The van der Waals surface area contributed by atoms with Crippen molar-refractivity contribution in [1.29, 1.82) is 0 Å². The van der Waals surface area contributed by atoms with Gasteiger partial charge in [-0.2, -0.15) is 11.8 Å². The average Bonchev–Trinajstić information content (AvgIpc) is 2.95. The molecule has 2 atom stereocenters. The lowest BCUT2D eigenvalue weighted by atomic mass is 10.2. The molecule has 0 spiro atoms. The Kier molecular flexibility index (Phi) is 6.15. The van der Waals surface area contributed by atoms with Crippen molar-refractivity contribution in [2.24, 2.45) is 0 Å². The van der Waals surface area contributed by atoms with E-state index in [1.807, 2.05) is 56.0 Å². The van der Waals surface area contributed by atoms with Crippen LogP contribution in [-0.4, -0.2) is 54.5 Å². The van der Waals surface area contributed by atoms with Gasteiger partial charge in [0.2, 0.25) is 0 Å². The minimum atomic E-state index is -0.00578. The van der Waals surface area contributed by atoms with E-state index < -0.39 is 0 Å². The molecule has 2 rings (SSSR count). The lowest BCUT2D eigenvalue weighted by molar-refractivity contribution is 0.205. The van der Waals surface area contributed by atoms with Gasteiger partial charge in [-0.1, -0.05) is 12.1 Å². The molecule has 1 aromatic rings. The normalized spacial score (nSPS) is 21.1. The van der Waals surface area contributed by atoms with Crippen LogP contribution < -0.4 is 5.32 Å². The molecular weight excluding hydrogens is 294 g/mol. The second-order valence-corrected chi connectivity index (χ2v) is 7.44. The summed E-state index contributed by atoms with van der Waals surface area (Å²) in [6.45, 7) is 0.873. The fourth-order valence-electron chi connectivity index (χ4n) is 2.97. The number of carbonyl (C=O) groups is 1. The Morgan fingerprint density at radius 3 is 2.73 bits per heavy atom. The Morgan fingerprint density at radius 2 is 2.09 bits per heavy atom. The number of benzene rings is 1. The summed E-state index contributed by atoms with van der Waals surface area (Å²) in [5.74, 6) is 0. The number of thioether (sulfide) groups is 1. The van der Waals surface area contributed by atoms with Crippen molar-refractivity contribution in [3.05, 3.63) is 29.8 Å². The molecule has 1 aliphatic carbocycles. The second kappa shape index (κ2) is 7.88.